The van der Waals surface area contributed by atoms with Gasteiger partial charge >= 0.3 is 5.97 Å². The summed E-state index contributed by atoms with van der Waals surface area (Å²) in [6, 6.07) is 20.9. The first kappa shape index (κ1) is 23.8. The first-order valence-electron chi connectivity index (χ1n) is 9.79. The van der Waals surface area contributed by atoms with Crippen molar-refractivity contribution in [2.24, 2.45) is 0 Å². The van der Waals surface area contributed by atoms with Crippen LogP contribution in [0, 0.1) is 0 Å². The molecule has 0 aliphatic rings. The number of ether oxygens (including phenoxy) is 2. The molecule has 33 heavy (non-hydrogen) atoms. The zero-order valence-corrected chi connectivity index (χ0v) is 18.3. The molecule has 0 aromatic heterocycles. The lowest BCUT2D eigenvalue weighted by molar-refractivity contribution is -0.164. The van der Waals surface area contributed by atoms with Crippen LogP contribution in [0.1, 0.15) is 21.5 Å². The molecule has 0 saturated carbocycles. The van der Waals surface area contributed by atoms with Crippen molar-refractivity contribution in [3.63, 3.8) is 0 Å². The van der Waals surface area contributed by atoms with E-state index in [-0.39, 0.29) is 22.4 Å². The number of benzene rings is 3. The summed E-state index contributed by atoms with van der Waals surface area (Å²) in [7, 11) is 1.39. The summed E-state index contributed by atoms with van der Waals surface area (Å²) < 4.78 is 10.2. The molecule has 0 atom stereocenters. The summed E-state index contributed by atoms with van der Waals surface area (Å²) >= 11 is 5.90. The largest absolute Gasteiger partial charge is 0.496 e. The van der Waals surface area contributed by atoms with Crippen molar-refractivity contribution in [2.45, 2.75) is 5.60 Å². The van der Waals surface area contributed by atoms with Gasteiger partial charge in [0.1, 0.15) is 5.75 Å². The number of nitrogens with one attached hydrogen (secondary N) is 2. The molecule has 0 bridgehead atoms. The molecule has 3 aromatic rings. The molecule has 0 heterocycles. The molecule has 0 spiro atoms. The molecule has 9 heteroatoms. The van der Waals surface area contributed by atoms with Gasteiger partial charge in [0, 0.05) is 5.02 Å². The highest BCUT2D eigenvalue weighted by Crippen LogP contribution is 2.31. The smallest absolute Gasteiger partial charge is 0.348 e. The van der Waals surface area contributed by atoms with E-state index in [1.807, 2.05) is 0 Å². The Hall–Kier alpha value is -3.88. The molecule has 3 N–H and O–H groups in total. The van der Waals surface area contributed by atoms with Crippen LogP contribution < -0.4 is 15.6 Å². The second-order valence-electron chi connectivity index (χ2n) is 6.87. The normalized spacial score (nSPS) is 10.8. The highest BCUT2D eigenvalue weighted by molar-refractivity contribution is 6.31. The molecule has 170 valence electrons. The van der Waals surface area contributed by atoms with Crippen LogP contribution in [0.4, 0.5) is 0 Å². The van der Waals surface area contributed by atoms with Gasteiger partial charge in [-0.3, -0.25) is 20.4 Å². The van der Waals surface area contributed by atoms with Gasteiger partial charge in [0.05, 0.1) is 12.7 Å². The molecule has 0 aliphatic heterocycles. The zero-order chi connectivity index (χ0) is 23.8. The third-order valence-electron chi connectivity index (χ3n) is 4.73. The Morgan fingerprint density at radius 2 is 1.48 bits per heavy atom. The first-order chi connectivity index (χ1) is 15.9. The highest BCUT2D eigenvalue weighted by atomic mass is 35.5. The third-order valence-corrected chi connectivity index (χ3v) is 4.97. The van der Waals surface area contributed by atoms with Gasteiger partial charge in [0.25, 0.3) is 11.8 Å². The van der Waals surface area contributed by atoms with Crippen molar-refractivity contribution in [3.8, 4) is 5.75 Å². The number of aliphatic hydroxyl groups is 1. The minimum absolute atomic E-state index is 0.102. The minimum Gasteiger partial charge on any atom is -0.496 e. The number of esters is 1. The Bertz CT molecular complexity index is 1100. The molecule has 3 rings (SSSR count). The number of halogens is 1. The van der Waals surface area contributed by atoms with Crippen LogP contribution in [0.5, 0.6) is 5.75 Å². The van der Waals surface area contributed by atoms with E-state index in [2.05, 4.69) is 10.9 Å². The summed E-state index contributed by atoms with van der Waals surface area (Å²) in [4.78, 5) is 37.4. The van der Waals surface area contributed by atoms with Gasteiger partial charge in [-0.15, -0.1) is 0 Å². The molecule has 2 amide bonds. The maximum Gasteiger partial charge on any atom is 0.348 e. The van der Waals surface area contributed by atoms with E-state index < -0.39 is 30.0 Å². The zero-order valence-electron chi connectivity index (χ0n) is 17.6. The number of methoxy groups -OCH3 is 1. The molecule has 0 unspecified atom stereocenters. The Kier molecular flexibility index (Phi) is 7.66. The summed E-state index contributed by atoms with van der Waals surface area (Å²) in [5.41, 5.74) is 2.88. The van der Waals surface area contributed by atoms with Crippen molar-refractivity contribution in [2.75, 3.05) is 13.7 Å². The number of hydrazine groups is 1. The third kappa shape index (κ3) is 5.49. The van der Waals surface area contributed by atoms with Gasteiger partial charge < -0.3 is 14.6 Å². The number of amides is 2. The van der Waals surface area contributed by atoms with Crippen molar-refractivity contribution in [1.29, 1.82) is 0 Å². The molecular weight excluding hydrogens is 448 g/mol. The quantitative estimate of drug-likeness (QED) is 0.363. The van der Waals surface area contributed by atoms with Crippen molar-refractivity contribution >= 4 is 29.4 Å². The lowest BCUT2D eigenvalue weighted by Crippen LogP contribution is -2.45. The van der Waals surface area contributed by atoms with E-state index in [1.54, 1.807) is 66.7 Å². The molecule has 0 radical (unpaired) electrons. The predicted octanol–water partition coefficient (Wildman–Crippen LogP) is 2.59. The average molecular weight is 469 g/mol. The topological polar surface area (TPSA) is 114 Å². The molecule has 3 aromatic carbocycles. The van der Waals surface area contributed by atoms with Crippen molar-refractivity contribution < 1.29 is 29.0 Å². The van der Waals surface area contributed by atoms with Gasteiger partial charge in [-0.2, -0.15) is 0 Å². The fourth-order valence-corrected chi connectivity index (χ4v) is 3.26. The Labute approximate surface area is 195 Å². The minimum atomic E-state index is -2.12. The second-order valence-corrected chi connectivity index (χ2v) is 7.30. The van der Waals surface area contributed by atoms with Crippen LogP contribution in [-0.2, 0) is 19.9 Å². The van der Waals surface area contributed by atoms with E-state index in [0.717, 1.165) is 0 Å². The number of carbonyl (C=O) groups is 3. The number of hydrogen-bond donors (Lipinski definition) is 3. The first-order valence-corrected chi connectivity index (χ1v) is 10.2. The van der Waals surface area contributed by atoms with Crippen molar-refractivity contribution in [3.05, 3.63) is 101 Å². The van der Waals surface area contributed by atoms with E-state index >= 15 is 0 Å². The molecular formula is C24H21ClN2O6. The van der Waals surface area contributed by atoms with Gasteiger partial charge in [-0.05, 0) is 29.3 Å². The van der Waals surface area contributed by atoms with E-state index in [0.29, 0.717) is 5.02 Å². The number of rotatable bonds is 7. The van der Waals surface area contributed by atoms with Crippen LogP contribution in [0.2, 0.25) is 5.02 Å². The van der Waals surface area contributed by atoms with Crippen LogP contribution in [0.25, 0.3) is 0 Å². The summed E-state index contributed by atoms with van der Waals surface area (Å²) in [6.07, 6.45) is 0. The van der Waals surface area contributed by atoms with Crippen LogP contribution in [-0.4, -0.2) is 36.6 Å². The second kappa shape index (κ2) is 10.6. The lowest BCUT2D eigenvalue weighted by atomic mass is 9.86. The van der Waals surface area contributed by atoms with Crippen LogP contribution >= 0.6 is 11.6 Å². The number of hydrogen-bond acceptors (Lipinski definition) is 6. The molecule has 8 nitrogen and oxygen atoms in total. The standard InChI is InChI=1S/C24H21ClN2O6/c1-32-20-13-12-18(25)14-19(20)22(29)27-26-21(28)15-33-23(30)24(31,16-8-4-2-5-9-16)17-10-6-3-7-11-17/h2-14,31H,15H2,1H3,(H,26,28)(H,27,29). The Morgan fingerprint density at radius 3 is 2.03 bits per heavy atom. The fraction of sp³-hybridized carbons (Fsp3) is 0.125. The van der Waals surface area contributed by atoms with E-state index in [9.17, 15) is 19.5 Å². The Balaban J connectivity index is 1.66. The summed E-state index contributed by atoms with van der Waals surface area (Å²) in [6.45, 7) is -0.742. The fourth-order valence-electron chi connectivity index (χ4n) is 3.08. The monoisotopic (exact) mass is 468 g/mol. The van der Waals surface area contributed by atoms with Gasteiger partial charge in [-0.1, -0.05) is 72.3 Å². The van der Waals surface area contributed by atoms with Gasteiger partial charge in [0.2, 0.25) is 5.60 Å². The van der Waals surface area contributed by atoms with Gasteiger partial charge in [-0.25, -0.2) is 4.79 Å². The molecule has 0 saturated heterocycles. The highest BCUT2D eigenvalue weighted by Gasteiger charge is 2.41. The SMILES string of the molecule is COc1ccc(Cl)cc1C(=O)NNC(=O)COC(=O)C(O)(c1ccccc1)c1ccccc1. The predicted molar refractivity (Wildman–Crippen MR) is 120 cm³/mol. The van der Waals surface area contributed by atoms with Gasteiger partial charge in [0.15, 0.2) is 6.61 Å². The molecule has 0 aliphatic carbocycles. The average Bonchev–Trinajstić information content (AvgIpc) is 2.86. The van der Waals surface area contributed by atoms with E-state index in [4.69, 9.17) is 21.1 Å². The maximum absolute atomic E-state index is 12.9. The van der Waals surface area contributed by atoms with Crippen LogP contribution in [0.3, 0.4) is 0 Å². The lowest BCUT2D eigenvalue weighted by Gasteiger charge is -2.26. The number of carbonyl (C=O) groups excluding carboxylic acids is 3. The van der Waals surface area contributed by atoms with E-state index in [1.165, 1.54) is 19.2 Å². The van der Waals surface area contributed by atoms with Crippen molar-refractivity contribution in [1.82, 2.24) is 10.9 Å². The summed E-state index contributed by atoms with van der Waals surface area (Å²) in [5.74, 6) is -2.29. The summed E-state index contributed by atoms with van der Waals surface area (Å²) in [5, 5.41) is 11.6. The van der Waals surface area contributed by atoms with Crippen LogP contribution in [0.15, 0.2) is 78.9 Å². The Morgan fingerprint density at radius 1 is 0.909 bits per heavy atom. The molecule has 0 fully saturated rings. The maximum atomic E-state index is 12.9.